The number of aromatic nitrogens is 4. The van der Waals surface area contributed by atoms with Gasteiger partial charge in [0.15, 0.2) is 0 Å². The number of H-pyrrole nitrogens is 1. The molecule has 0 aliphatic rings. The molecule has 3 heterocycles. The number of carbonyl (C=O) groups excluding carboxylic acids is 1. The number of aromatic amines is 1. The summed E-state index contributed by atoms with van der Waals surface area (Å²) in [7, 11) is 1.77. The Morgan fingerprint density at radius 3 is 2.76 bits per heavy atom. The lowest BCUT2D eigenvalue weighted by Gasteiger charge is -2.13. The van der Waals surface area contributed by atoms with Gasteiger partial charge in [0.25, 0.3) is 5.91 Å². The molecule has 34 heavy (non-hydrogen) atoms. The monoisotopic (exact) mass is 450 g/mol. The smallest absolute Gasteiger partial charge is 0.255 e. The van der Waals surface area contributed by atoms with Crippen LogP contribution in [-0.4, -0.2) is 32.9 Å². The van der Waals surface area contributed by atoms with E-state index >= 15 is 0 Å². The number of amides is 1. The van der Waals surface area contributed by atoms with Crippen LogP contribution in [0, 0.1) is 6.92 Å². The second-order valence-electron chi connectivity index (χ2n) is 7.69. The minimum atomic E-state index is -0.180. The molecule has 5 aromatic rings. The van der Waals surface area contributed by atoms with Crippen LogP contribution < -0.4 is 15.4 Å². The average molecular weight is 451 g/mol. The van der Waals surface area contributed by atoms with Crippen molar-refractivity contribution in [1.29, 1.82) is 0 Å². The van der Waals surface area contributed by atoms with E-state index < -0.39 is 0 Å². The summed E-state index contributed by atoms with van der Waals surface area (Å²) in [6, 6.07) is 18.6. The van der Waals surface area contributed by atoms with Gasteiger partial charge in [0.05, 0.1) is 11.3 Å². The first-order valence-electron chi connectivity index (χ1n) is 10.7. The van der Waals surface area contributed by atoms with Gasteiger partial charge < -0.3 is 20.4 Å². The van der Waals surface area contributed by atoms with Gasteiger partial charge >= 0.3 is 0 Å². The van der Waals surface area contributed by atoms with E-state index in [1.807, 2.05) is 61.7 Å². The van der Waals surface area contributed by atoms with Crippen LogP contribution in [0.4, 0.5) is 11.6 Å². The quantitative estimate of drug-likeness (QED) is 0.319. The highest BCUT2D eigenvalue weighted by Crippen LogP contribution is 2.33. The fourth-order valence-corrected chi connectivity index (χ4v) is 3.63. The molecule has 3 aromatic heterocycles. The molecule has 0 bridgehead atoms. The molecule has 0 unspecified atom stereocenters. The Kier molecular flexibility index (Phi) is 5.61. The SMILES string of the molecule is CNc1nccc(-c2cccnc2Oc2ccc(NC(=O)c3ccc4cc[nH]c4c3)cc2C)n1. The third-order valence-electron chi connectivity index (χ3n) is 5.38. The molecule has 0 radical (unpaired) electrons. The molecule has 1 amide bonds. The summed E-state index contributed by atoms with van der Waals surface area (Å²) in [5, 5.41) is 6.95. The molecule has 0 saturated carbocycles. The molecule has 168 valence electrons. The van der Waals surface area contributed by atoms with Crippen molar-refractivity contribution in [3.63, 3.8) is 0 Å². The zero-order chi connectivity index (χ0) is 23.5. The largest absolute Gasteiger partial charge is 0.438 e. The molecule has 5 rings (SSSR count). The summed E-state index contributed by atoms with van der Waals surface area (Å²) in [5.41, 5.74) is 4.48. The minimum Gasteiger partial charge on any atom is -0.438 e. The number of hydrogen-bond acceptors (Lipinski definition) is 6. The predicted octanol–water partition coefficient (Wildman–Crippen LogP) is 5.41. The van der Waals surface area contributed by atoms with Crippen LogP contribution in [0.15, 0.2) is 79.3 Å². The number of nitrogens with one attached hydrogen (secondary N) is 3. The normalized spacial score (nSPS) is 10.8. The maximum absolute atomic E-state index is 12.7. The number of pyridine rings is 1. The highest BCUT2D eigenvalue weighted by atomic mass is 16.5. The van der Waals surface area contributed by atoms with Crippen molar-refractivity contribution in [2.45, 2.75) is 6.92 Å². The van der Waals surface area contributed by atoms with Crippen LogP contribution in [0.5, 0.6) is 11.6 Å². The second-order valence-corrected chi connectivity index (χ2v) is 7.69. The van der Waals surface area contributed by atoms with E-state index in [0.29, 0.717) is 34.5 Å². The van der Waals surface area contributed by atoms with Crippen molar-refractivity contribution in [3.8, 4) is 22.9 Å². The lowest BCUT2D eigenvalue weighted by Crippen LogP contribution is -2.11. The number of benzene rings is 2. The van der Waals surface area contributed by atoms with Gasteiger partial charge in [-0.1, -0.05) is 6.07 Å². The van der Waals surface area contributed by atoms with E-state index in [0.717, 1.165) is 22.0 Å². The number of anilines is 2. The Morgan fingerprint density at radius 1 is 1.00 bits per heavy atom. The van der Waals surface area contributed by atoms with Gasteiger partial charge in [-0.15, -0.1) is 0 Å². The number of nitrogens with zero attached hydrogens (tertiary/aromatic N) is 3. The number of fused-ring (bicyclic) bond motifs is 1. The van der Waals surface area contributed by atoms with Crippen LogP contribution in [0.2, 0.25) is 0 Å². The number of ether oxygens (including phenoxy) is 1. The van der Waals surface area contributed by atoms with E-state index in [1.165, 1.54) is 0 Å². The van der Waals surface area contributed by atoms with Crippen LogP contribution in [0.3, 0.4) is 0 Å². The van der Waals surface area contributed by atoms with Gasteiger partial charge in [-0.25, -0.2) is 15.0 Å². The molecule has 0 atom stereocenters. The van der Waals surface area contributed by atoms with Crippen LogP contribution in [0.25, 0.3) is 22.2 Å². The molecule has 0 aliphatic carbocycles. The van der Waals surface area contributed by atoms with Gasteiger partial charge in [-0.3, -0.25) is 4.79 Å². The van der Waals surface area contributed by atoms with Crippen molar-refractivity contribution < 1.29 is 9.53 Å². The summed E-state index contributed by atoms with van der Waals surface area (Å²) in [5.74, 6) is 1.40. The third kappa shape index (κ3) is 4.29. The van der Waals surface area contributed by atoms with E-state index in [9.17, 15) is 4.79 Å². The van der Waals surface area contributed by atoms with E-state index in [2.05, 4.69) is 30.6 Å². The summed E-state index contributed by atoms with van der Waals surface area (Å²) in [6.07, 6.45) is 5.21. The number of carbonyl (C=O) groups is 1. The molecule has 0 saturated heterocycles. The first-order chi connectivity index (χ1) is 16.6. The molecular weight excluding hydrogens is 428 g/mol. The highest BCUT2D eigenvalue weighted by Gasteiger charge is 2.13. The highest BCUT2D eigenvalue weighted by molar-refractivity contribution is 6.06. The lowest BCUT2D eigenvalue weighted by molar-refractivity contribution is 0.102. The predicted molar refractivity (Wildman–Crippen MR) is 132 cm³/mol. The van der Waals surface area contributed by atoms with Crippen LogP contribution in [0.1, 0.15) is 15.9 Å². The fraction of sp³-hybridized carbons (Fsp3) is 0.0769. The van der Waals surface area contributed by atoms with E-state index in [4.69, 9.17) is 4.74 Å². The van der Waals surface area contributed by atoms with Gasteiger partial charge in [-0.05, 0) is 72.5 Å². The molecule has 0 aliphatic heterocycles. The van der Waals surface area contributed by atoms with Crippen molar-refractivity contribution >= 4 is 28.4 Å². The average Bonchev–Trinajstić information content (AvgIpc) is 3.34. The first-order valence-corrected chi connectivity index (χ1v) is 10.7. The van der Waals surface area contributed by atoms with E-state index in [1.54, 1.807) is 31.6 Å². The number of hydrogen-bond donors (Lipinski definition) is 3. The number of rotatable bonds is 6. The van der Waals surface area contributed by atoms with Crippen LogP contribution >= 0.6 is 0 Å². The Morgan fingerprint density at radius 2 is 1.91 bits per heavy atom. The van der Waals surface area contributed by atoms with Crippen molar-refractivity contribution in [2.24, 2.45) is 0 Å². The van der Waals surface area contributed by atoms with Crippen molar-refractivity contribution in [2.75, 3.05) is 17.7 Å². The van der Waals surface area contributed by atoms with Crippen molar-refractivity contribution in [1.82, 2.24) is 19.9 Å². The zero-order valence-electron chi connectivity index (χ0n) is 18.7. The zero-order valence-corrected chi connectivity index (χ0v) is 18.7. The van der Waals surface area contributed by atoms with E-state index in [-0.39, 0.29) is 5.91 Å². The molecule has 0 spiro atoms. The fourth-order valence-electron chi connectivity index (χ4n) is 3.63. The second kappa shape index (κ2) is 9.03. The first kappa shape index (κ1) is 21.1. The third-order valence-corrected chi connectivity index (χ3v) is 5.38. The maximum atomic E-state index is 12.7. The summed E-state index contributed by atoms with van der Waals surface area (Å²) in [4.78, 5) is 28.9. The maximum Gasteiger partial charge on any atom is 0.255 e. The van der Waals surface area contributed by atoms with Gasteiger partial charge in [-0.2, -0.15) is 0 Å². The Bertz CT molecular complexity index is 1490. The molecule has 8 nitrogen and oxygen atoms in total. The lowest BCUT2D eigenvalue weighted by atomic mass is 10.1. The molecule has 8 heteroatoms. The minimum absolute atomic E-state index is 0.180. The summed E-state index contributed by atoms with van der Waals surface area (Å²) < 4.78 is 6.14. The standard InChI is InChI=1S/C26H22N6O2/c1-16-14-19(31-24(33)18-6-5-17-9-12-28-22(17)15-18)7-8-23(16)34-25-20(4-3-11-29-25)21-10-13-30-26(27-2)32-21/h3-15,28H,1-2H3,(H,31,33)(H,27,30,32). The van der Waals surface area contributed by atoms with Gasteiger partial charge in [0.2, 0.25) is 11.8 Å². The Hall–Kier alpha value is -4.72. The summed E-state index contributed by atoms with van der Waals surface area (Å²) in [6.45, 7) is 1.92. The Labute approximate surface area is 196 Å². The molecule has 3 N–H and O–H groups in total. The van der Waals surface area contributed by atoms with Gasteiger partial charge in [0.1, 0.15) is 5.75 Å². The Balaban J connectivity index is 1.36. The topological polar surface area (TPSA) is 105 Å². The molecule has 0 fully saturated rings. The van der Waals surface area contributed by atoms with Gasteiger partial charge in [0, 0.05) is 42.4 Å². The number of aryl methyl sites for hydroxylation is 1. The molecule has 2 aromatic carbocycles. The van der Waals surface area contributed by atoms with Crippen molar-refractivity contribution in [3.05, 3.63) is 90.4 Å². The molecular formula is C26H22N6O2. The summed E-state index contributed by atoms with van der Waals surface area (Å²) >= 11 is 0. The van der Waals surface area contributed by atoms with Crippen LogP contribution in [-0.2, 0) is 0 Å².